The third-order valence-electron chi connectivity index (χ3n) is 4.97. The van der Waals surface area contributed by atoms with Gasteiger partial charge in [0.1, 0.15) is 17.4 Å². The van der Waals surface area contributed by atoms with Gasteiger partial charge in [-0.1, -0.05) is 41.4 Å². The average Bonchev–Trinajstić information content (AvgIpc) is 2.80. The summed E-state index contributed by atoms with van der Waals surface area (Å²) in [6, 6.07) is 19.7. The van der Waals surface area contributed by atoms with Gasteiger partial charge in [0, 0.05) is 22.0 Å². The molecule has 0 aromatic heterocycles. The van der Waals surface area contributed by atoms with Gasteiger partial charge in [-0.25, -0.2) is 0 Å². The summed E-state index contributed by atoms with van der Waals surface area (Å²) >= 11 is 6.12. The fourth-order valence-corrected chi connectivity index (χ4v) is 3.28. The molecule has 7 heteroatoms. The molecule has 2 N–H and O–H groups in total. The second kappa shape index (κ2) is 11.2. The topological polar surface area (TPSA) is 91.2 Å². The molecule has 6 nitrogen and oxygen atoms in total. The summed E-state index contributed by atoms with van der Waals surface area (Å²) in [5.41, 5.74) is 4.57. The average molecular weight is 474 g/mol. The number of benzene rings is 3. The van der Waals surface area contributed by atoms with Crippen LogP contribution in [-0.4, -0.2) is 18.4 Å². The van der Waals surface area contributed by atoms with Gasteiger partial charge in [-0.05, 0) is 74.4 Å². The van der Waals surface area contributed by atoms with Crippen LogP contribution in [0.15, 0.2) is 66.2 Å². The molecule has 3 aromatic carbocycles. The molecule has 34 heavy (non-hydrogen) atoms. The lowest BCUT2D eigenvalue weighted by Crippen LogP contribution is -2.21. The molecular formula is C27H24ClN3O3. The normalized spacial score (nSPS) is 10.9. The molecule has 0 aliphatic carbocycles. The first-order valence-electron chi connectivity index (χ1n) is 10.5. The van der Waals surface area contributed by atoms with Crippen LogP contribution in [0.25, 0.3) is 6.08 Å². The SMILES string of the molecule is Cc1ccc(NC(=O)/C(C#N)=C\c2cc(Cl)ccc2OCC(=O)Nc2cc(C)ccc2C)cc1. The van der Waals surface area contributed by atoms with Crippen molar-refractivity contribution in [3.63, 3.8) is 0 Å². The van der Waals surface area contributed by atoms with Crippen molar-refractivity contribution in [1.29, 1.82) is 5.26 Å². The van der Waals surface area contributed by atoms with E-state index in [0.717, 1.165) is 16.7 Å². The van der Waals surface area contributed by atoms with Gasteiger partial charge in [0.2, 0.25) is 0 Å². The number of carbonyl (C=O) groups excluding carboxylic acids is 2. The number of hydrogen-bond donors (Lipinski definition) is 2. The lowest BCUT2D eigenvalue weighted by atomic mass is 10.1. The van der Waals surface area contributed by atoms with Crippen molar-refractivity contribution in [2.45, 2.75) is 20.8 Å². The number of anilines is 2. The molecule has 0 saturated carbocycles. The molecule has 0 saturated heterocycles. The number of aryl methyl sites for hydroxylation is 3. The number of nitrogens with zero attached hydrogens (tertiary/aromatic N) is 1. The zero-order chi connectivity index (χ0) is 24.7. The Hall–Kier alpha value is -4.08. The minimum atomic E-state index is -0.565. The highest BCUT2D eigenvalue weighted by atomic mass is 35.5. The molecule has 172 valence electrons. The first-order chi connectivity index (χ1) is 16.2. The van der Waals surface area contributed by atoms with Crippen molar-refractivity contribution < 1.29 is 14.3 Å². The highest BCUT2D eigenvalue weighted by molar-refractivity contribution is 6.30. The Morgan fingerprint density at radius 3 is 2.38 bits per heavy atom. The van der Waals surface area contributed by atoms with Crippen LogP contribution in [0.2, 0.25) is 5.02 Å². The second-order valence-corrected chi connectivity index (χ2v) is 8.26. The predicted molar refractivity (Wildman–Crippen MR) is 135 cm³/mol. The van der Waals surface area contributed by atoms with Gasteiger partial charge in [0.05, 0.1) is 0 Å². The van der Waals surface area contributed by atoms with Crippen molar-refractivity contribution in [2.24, 2.45) is 0 Å². The second-order valence-electron chi connectivity index (χ2n) is 7.83. The number of hydrogen-bond acceptors (Lipinski definition) is 4. The minimum absolute atomic E-state index is 0.132. The van der Waals surface area contributed by atoms with Crippen molar-refractivity contribution in [1.82, 2.24) is 0 Å². The lowest BCUT2D eigenvalue weighted by molar-refractivity contribution is -0.118. The molecule has 3 rings (SSSR count). The summed E-state index contributed by atoms with van der Waals surface area (Å²) in [7, 11) is 0. The van der Waals surface area contributed by atoms with E-state index in [1.165, 1.54) is 6.08 Å². The summed E-state index contributed by atoms with van der Waals surface area (Å²) < 4.78 is 5.70. The number of rotatable bonds is 7. The van der Waals surface area contributed by atoms with Crippen LogP contribution in [0.5, 0.6) is 5.75 Å². The first-order valence-corrected chi connectivity index (χ1v) is 10.9. The van der Waals surface area contributed by atoms with E-state index < -0.39 is 5.91 Å². The number of carbonyl (C=O) groups is 2. The van der Waals surface area contributed by atoms with Crippen LogP contribution in [-0.2, 0) is 9.59 Å². The zero-order valence-corrected chi connectivity index (χ0v) is 19.9. The predicted octanol–water partition coefficient (Wildman–Crippen LogP) is 5.83. The van der Waals surface area contributed by atoms with E-state index in [2.05, 4.69) is 10.6 Å². The maximum atomic E-state index is 12.6. The van der Waals surface area contributed by atoms with Crippen LogP contribution < -0.4 is 15.4 Å². The molecule has 0 atom stereocenters. The van der Waals surface area contributed by atoms with Crippen molar-refractivity contribution in [3.05, 3.63) is 93.5 Å². The molecule has 3 aromatic rings. The van der Waals surface area contributed by atoms with E-state index >= 15 is 0 Å². The number of amides is 2. The Labute approximate surface area is 203 Å². The summed E-state index contributed by atoms with van der Waals surface area (Å²) in [4.78, 5) is 25.1. The fraction of sp³-hybridized carbons (Fsp3) is 0.148. The maximum Gasteiger partial charge on any atom is 0.266 e. The molecule has 0 spiro atoms. The Morgan fingerprint density at radius 1 is 0.971 bits per heavy atom. The molecular weight excluding hydrogens is 450 g/mol. The Bertz CT molecular complexity index is 1290. The molecule has 2 amide bonds. The smallest absolute Gasteiger partial charge is 0.266 e. The highest BCUT2D eigenvalue weighted by Crippen LogP contribution is 2.26. The van der Waals surface area contributed by atoms with Crippen LogP contribution >= 0.6 is 11.6 Å². The molecule has 0 aliphatic rings. The lowest BCUT2D eigenvalue weighted by Gasteiger charge is -2.12. The van der Waals surface area contributed by atoms with Crippen LogP contribution in [0.3, 0.4) is 0 Å². The number of nitrogens with one attached hydrogen (secondary N) is 2. The molecule has 0 unspecified atom stereocenters. The maximum absolute atomic E-state index is 12.6. The van der Waals surface area contributed by atoms with Crippen molar-refractivity contribution in [2.75, 3.05) is 17.2 Å². The van der Waals surface area contributed by atoms with E-state index in [9.17, 15) is 14.9 Å². The summed E-state index contributed by atoms with van der Waals surface area (Å²) in [6.07, 6.45) is 1.38. The Balaban J connectivity index is 1.75. The first kappa shape index (κ1) is 24.6. The van der Waals surface area contributed by atoms with Gasteiger partial charge in [-0.15, -0.1) is 0 Å². The van der Waals surface area contributed by atoms with Crippen molar-refractivity contribution in [3.8, 4) is 11.8 Å². The van der Waals surface area contributed by atoms with Crippen molar-refractivity contribution >= 4 is 40.9 Å². The van der Waals surface area contributed by atoms with Gasteiger partial charge < -0.3 is 15.4 Å². The minimum Gasteiger partial charge on any atom is -0.483 e. The molecule has 0 fully saturated rings. The van der Waals surface area contributed by atoms with Crippen LogP contribution in [0, 0.1) is 32.1 Å². The van der Waals surface area contributed by atoms with E-state index in [0.29, 0.717) is 27.7 Å². The van der Waals surface area contributed by atoms with E-state index in [1.54, 1.807) is 30.3 Å². The van der Waals surface area contributed by atoms with Crippen LogP contribution in [0.4, 0.5) is 11.4 Å². The Kier molecular flexibility index (Phi) is 8.07. The van der Waals surface area contributed by atoms with Gasteiger partial charge >= 0.3 is 0 Å². The summed E-state index contributed by atoms with van der Waals surface area (Å²) in [5.74, 6) is -0.586. The van der Waals surface area contributed by atoms with E-state index in [1.807, 2.05) is 57.2 Å². The molecule has 0 aliphatic heterocycles. The number of nitriles is 1. The molecule has 0 heterocycles. The van der Waals surface area contributed by atoms with Crippen LogP contribution in [0.1, 0.15) is 22.3 Å². The van der Waals surface area contributed by atoms with Gasteiger partial charge in [0.25, 0.3) is 11.8 Å². The number of ether oxygens (including phenoxy) is 1. The zero-order valence-electron chi connectivity index (χ0n) is 19.1. The summed E-state index contributed by atoms with van der Waals surface area (Å²) in [5, 5.41) is 15.5. The van der Waals surface area contributed by atoms with Gasteiger partial charge in [0.15, 0.2) is 6.61 Å². The number of halogens is 1. The van der Waals surface area contributed by atoms with E-state index in [4.69, 9.17) is 16.3 Å². The van der Waals surface area contributed by atoms with Gasteiger partial charge in [-0.2, -0.15) is 5.26 Å². The monoisotopic (exact) mass is 473 g/mol. The third kappa shape index (κ3) is 6.71. The quantitative estimate of drug-likeness (QED) is 0.333. The summed E-state index contributed by atoms with van der Waals surface area (Å²) in [6.45, 7) is 5.53. The Morgan fingerprint density at radius 2 is 1.68 bits per heavy atom. The largest absolute Gasteiger partial charge is 0.483 e. The molecule has 0 bridgehead atoms. The third-order valence-corrected chi connectivity index (χ3v) is 5.21. The highest BCUT2D eigenvalue weighted by Gasteiger charge is 2.13. The standard InChI is InChI=1S/C27H24ClN3O3/c1-17-5-9-23(10-6-17)30-27(33)21(15-29)13-20-14-22(28)8-11-25(20)34-16-26(32)31-24-12-18(2)4-7-19(24)3/h4-14H,16H2,1-3H3,(H,30,33)(H,31,32)/b21-13-. The van der Waals surface area contributed by atoms with Gasteiger partial charge in [-0.3, -0.25) is 9.59 Å². The van der Waals surface area contributed by atoms with E-state index in [-0.39, 0.29) is 18.1 Å². The molecule has 0 radical (unpaired) electrons. The fourth-order valence-electron chi connectivity index (χ4n) is 3.10.